The molecule has 0 aliphatic rings. The number of nitrogens with zero attached hydrogens (tertiary/aromatic N) is 2. The van der Waals surface area contributed by atoms with Gasteiger partial charge in [-0.05, 0) is 19.4 Å². The molecule has 0 bridgehead atoms. The molecule has 1 aromatic heterocycles. The lowest BCUT2D eigenvalue weighted by molar-refractivity contribution is 0.209. The highest BCUT2D eigenvalue weighted by molar-refractivity contribution is 5.67. The number of hydrogen-bond donors (Lipinski definition) is 1. The van der Waals surface area contributed by atoms with E-state index in [9.17, 15) is 4.79 Å². The third-order valence-electron chi connectivity index (χ3n) is 1.69. The van der Waals surface area contributed by atoms with Crippen LogP contribution in [0.25, 0.3) is 0 Å². The molecule has 0 aliphatic heterocycles. The van der Waals surface area contributed by atoms with Crippen molar-refractivity contribution in [2.75, 3.05) is 0 Å². The van der Waals surface area contributed by atoms with E-state index in [0.29, 0.717) is 16.8 Å². The predicted octanol–water partition coefficient (Wildman–Crippen LogP) is 1.03. The molecule has 0 saturated heterocycles. The summed E-state index contributed by atoms with van der Waals surface area (Å²) in [5, 5.41) is 8.75. The summed E-state index contributed by atoms with van der Waals surface area (Å²) in [5.74, 6) is 0.117. The van der Waals surface area contributed by atoms with Crippen LogP contribution in [0, 0.1) is 25.2 Å². The normalized spacial score (nSPS) is 9.21. The number of nitrogens with two attached hydrogens (primary N) is 1. The van der Waals surface area contributed by atoms with Crippen molar-refractivity contribution in [3.63, 3.8) is 0 Å². The Hall–Kier alpha value is -2.09. The van der Waals surface area contributed by atoms with Crippen LogP contribution < -0.4 is 10.5 Å². The standard InChI is InChI=1S/C9H9N3O2/c1-5-3-8(14-9(11)13)12-6(2)7(5)4-10/h3H,1-2H3,(H2,11,13). The van der Waals surface area contributed by atoms with Gasteiger partial charge in [-0.3, -0.25) is 0 Å². The van der Waals surface area contributed by atoms with Gasteiger partial charge < -0.3 is 10.5 Å². The lowest BCUT2D eigenvalue weighted by Gasteiger charge is -2.04. The van der Waals surface area contributed by atoms with Gasteiger partial charge in [0.25, 0.3) is 0 Å². The van der Waals surface area contributed by atoms with Gasteiger partial charge in [-0.2, -0.15) is 5.26 Å². The van der Waals surface area contributed by atoms with Crippen LogP contribution in [0.4, 0.5) is 4.79 Å². The molecular weight excluding hydrogens is 182 g/mol. The highest BCUT2D eigenvalue weighted by atomic mass is 16.6. The summed E-state index contributed by atoms with van der Waals surface area (Å²) in [4.78, 5) is 14.3. The minimum absolute atomic E-state index is 0.117. The van der Waals surface area contributed by atoms with E-state index in [1.165, 1.54) is 6.07 Å². The maximum absolute atomic E-state index is 10.4. The van der Waals surface area contributed by atoms with E-state index < -0.39 is 6.09 Å². The van der Waals surface area contributed by atoms with Crippen LogP contribution >= 0.6 is 0 Å². The number of primary amides is 1. The molecule has 0 fully saturated rings. The first-order valence-electron chi connectivity index (χ1n) is 3.90. The van der Waals surface area contributed by atoms with E-state index in [-0.39, 0.29) is 5.88 Å². The summed E-state index contributed by atoms with van der Waals surface area (Å²) in [5.41, 5.74) is 6.54. The van der Waals surface area contributed by atoms with Crippen LogP contribution in [-0.2, 0) is 0 Å². The molecule has 0 aliphatic carbocycles. The second-order valence-electron chi connectivity index (χ2n) is 2.77. The maximum atomic E-state index is 10.4. The minimum Gasteiger partial charge on any atom is -0.391 e. The molecule has 1 rings (SSSR count). The summed E-state index contributed by atoms with van der Waals surface area (Å²) < 4.78 is 4.59. The first-order chi connectivity index (χ1) is 6.54. The number of hydrogen-bond acceptors (Lipinski definition) is 4. The summed E-state index contributed by atoms with van der Waals surface area (Å²) in [6.07, 6.45) is -0.916. The summed E-state index contributed by atoms with van der Waals surface area (Å²) in [7, 11) is 0. The number of carbonyl (C=O) groups is 1. The van der Waals surface area contributed by atoms with Crippen molar-refractivity contribution in [1.29, 1.82) is 5.26 Å². The molecule has 14 heavy (non-hydrogen) atoms. The molecule has 0 aromatic carbocycles. The van der Waals surface area contributed by atoms with Gasteiger partial charge in [0.05, 0.1) is 11.3 Å². The van der Waals surface area contributed by atoms with E-state index in [0.717, 1.165) is 0 Å². The number of aromatic nitrogens is 1. The van der Waals surface area contributed by atoms with Crippen molar-refractivity contribution < 1.29 is 9.53 Å². The van der Waals surface area contributed by atoms with Gasteiger partial charge >= 0.3 is 6.09 Å². The smallest absolute Gasteiger partial charge is 0.391 e. The van der Waals surface area contributed by atoms with Crippen LogP contribution in [0.15, 0.2) is 6.07 Å². The Balaban J connectivity index is 3.15. The minimum atomic E-state index is -0.916. The lowest BCUT2D eigenvalue weighted by atomic mass is 10.1. The Morgan fingerprint density at radius 2 is 2.29 bits per heavy atom. The van der Waals surface area contributed by atoms with Gasteiger partial charge in [-0.1, -0.05) is 0 Å². The van der Waals surface area contributed by atoms with Crippen molar-refractivity contribution in [3.05, 3.63) is 22.9 Å². The summed E-state index contributed by atoms with van der Waals surface area (Å²) in [6, 6.07) is 3.51. The second-order valence-corrected chi connectivity index (χ2v) is 2.77. The Morgan fingerprint density at radius 3 is 2.71 bits per heavy atom. The largest absolute Gasteiger partial charge is 0.411 e. The molecule has 0 radical (unpaired) electrons. The van der Waals surface area contributed by atoms with Crippen LogP contribution in [0.3, 0.4) is 0 Å². The Kier molecular flexibility index (Phi) is 2.67. The monoisotopic (exact) mass is 191 g/mol. The summed E-state index contributed by atoms with van der Waals surface area (Å²) in [6.45, 7) is 3.40. The fraction of sp³-hybridized carbons (Fsp3) is 0.222. The van der Waals surface area contributed by atoms with E-state index in [1.54, 1.807) is 13.8 Å². The van der Waals surface area contributed by atoms with Crippen molar-refractivity contribution in [1.82, 2.24) is 4.98 Å². The average molecular weight is 191 g/mol. The molecule has 72 valence electrons. The Morgan fingerprint density at radius 1 is 1.64 bits per heavy atom. The van der Waals surface area contributed by atoms with Crippen LogP contribution in [0.2, 0.25) is 0 Å². The number of rotatable bonds is 1. The van der Waals surface area contributed by atoms with Gasteiger partial charge in [0.1, 0.15) is 6.07 Å². The van der Waals surface area contributed by atoms with Crippen molar-refractivity contribution in [2.24, 2.45) is 5.73 Å². The molecule has 5 heteroatoms. The molecule has 0 spiro atoms. The maximum Gasteiger partial charge on any atom is 0.411 e. The first kappa shape index (κ1) is 9.99. The van der Waals surface area contributed by atoms with Crippen LogP contribution in [0.1, 0.15) is 16.8 Å². The quantitative estimate of drug-likeness (QED) is 0.717. The van der Waals surface area contributed by atoms with Crippen LogP contribution in [0.5, 0.6) is 5.88 Å². The zero-order valence-corrected chi connectivity index (χ0v) is 7.87. The molecule has 0 unspecified atom stereocenters. The van der Waals surface area contributed by atoms with Gasteiger partial charge in [-0.15, -0.1) is 0 Å². The van der Waals surface area contributed by atoms with E-state index >= 15 is 0 Å². The number of pyridine rings is 1. The molecule has 2 N–H and O–H groups in total. The highest BCUT2D eigenvalue weighted by Crippen LogP contribution is 2.16. The fourth-order valence-electron chi connectivity index (χ4n) is 1.12. The first-order valence-corrected chi connectivity index (χ1v) is 3.90. The third kappa shape index (κ3) is 1.98. The Bertz CT molecular complexity index is 398. The van der Waals surface area contributed by atoms with E-state index in [1.807, 2.05) is 6.07 Å². The van der Waals surface area contributed by atoms with Crippen molar-refractivity contribution in [2.45, 2.75) is 13.8 Å². The van der Waals surface area contributed by atoms with Crippen molar-refractivity contribution in [3.8, 4) is 11.9 Å². The third-order valence-corrected chi connectivity index (χ3v) is 1.69. The fourth-order valence-corrected chi connectivity index (χ4v) is 1.12. The molecule has 0 saturated carbocycles. The van der Waals surface area contributed by atoms with Gasteiger partial charge in [0, 0.05) is 6.07 Å². The number of amides is 1. The molecule has 1 heterocycles. The van der Waals surface area contributed by atoms with Crippen LogP contribution in [-0.4, -0.2) is 11.1 Å². The Labute approximate surface area is 81.1 Å². The number of ether oxygens (including phenoxy) is 1. The zero-order valence-electron chi connectivity index (χ0n) is 7.87. The summed E-state index contributed by atoms with van der Waals surface area (Å²) >= 11 is 0. The number of aryl methyl sites for hydroxylation is 2. The van der Waals surface area contributed by atoms with Gasteiger partial charge in [0.2, 0.25) is 5.88 Å². The molecular formula is C9H9N3O2. The van der Waals surface area contributed by atoms with Gasteiger partial charge in [0.15, 0.2) is 0 Å². The topological polar surface area (TPSA) is 89.0 Å². The molecule has 5 nitrogen and oxygen atoms in total. The molecule has 1 aromatic rings. The lowest BCUT2D eigenvalue weighted by Crippen LogP contribution is -2.17. The highest BCUT2D eigenvalue weighted by Gasteiger charge is 2.08. The SMILES string of the molecule is Cc1cc(OC(N)=O)nc(C)c1C#N. The van der Waals surface area contributed by atoms with E-state index in [4.69, 9.17) is 11.0 Å². The number of carbonyl (C=O) groups excluding carboxylic acids is 1. The predicted molar refractivity (Wildman–Crippen MR) is 48.6 cm³/mol. The number of nitriles is 1. The van der Waals surface area contributed by atoms with Crippen molar-refractivity contribution >= 4 is 6.09 Å². The van der Waals surface area contributed by atoms with Gasteiger partial charge in [-0.25, -0.2) is 9.78 Å². The molecule has 0 atom stereocenters. The average Bonchev–Trinajstić information content (AvgIpc) is 2.01. The molecule has 1 amide bonds. The zero-order chi connectivity index (χ0) is 10.7. The van der Waals surface area contributed by atoms with E-state index in [2.05, 4.69) is 9.72 Å². The second kappa shape index (κ2) is 3.75.